The fraction of sp³-hybridized carbons (Fsp3) is 0.250. The van der Waals surface area contributed by atoms with Gasteiger partial charge in [-0.05, 0) is 36.2 Å². The molecule has 0 aromatic heterocycles. The van der Waals surface area contributed by atoms with Crippen LogP contribution >= 0.6 is 11.6 Å². The van der Waals surface area contributed by atoms with Gasteiger partial charge in [-0.25, -0.2) is 12.8 Å². The van der Waals surface area contributed by atoms with Gasteiger partial charge >= 0.3 is 0 Å². The van der Waals surface area contributed by atoms with Gasteiger partial charge in [0.05, 0.1) is 18.6 Å². The predicted molar refractivity (Wildman–Crippen MR) is 85.6 cm³/mol. The molecule has 6 heteroatoms. The van der Waals surface area contributed by atoms with Crippen molar-refractivity contribution in [3.63, 3.8) is 0 Å². The minimum absolute atomic E-state index is 0.0268. The molecule has 22 heavy (non-hydrogen) atoms. The third-order valence-electron chi connectivity index (χ3n) is 3.29. The summed E-state index contributed by atoms with van der Waals surface area (Å²) in [4.78, 5) is 0. The normalized spacial score (nSPS) is 11.4. The molecule has 0 amide bonds. The third kappa shape index (κ3) is 4.45. The molecule has 0 aliphatic rings. The van der Waals surface area contributed by atoms with E-state index in [1.54, 1.807) is 19.2 Å². The fourth-order valence-electron chi connectivity index (χ4n) is 2.03. The molecule has 0 aliphatic carbocycles. The van der Waals surface area contributed by atoms with Gasteiger partial charge in [0, 0.05) is 10.6 Å². The smallest absolute Gasteiger partial charge is 0.154 e. The van der Waals surface area contributed by atoms with Crippen LogP contribution in [0.1, 0.15) is 11.1 Å². The molecule has 0 saturated heterocycles. The number of rotatable bonds is 6. The van der Waals surface area contributed by atoms with Gasteiger partial charge in [-0.2, -0.15) is 0 Å². The molecule has 0 heterocycles. The lowest BCUT2D eigenvalue weighted by Crippen LogP contribution is -2.13. The van der Waals surface area contributed by atoms with Crippen molar-refractivity contribution < 1.29 is 17.5 Å². The van der Waals surface area contributed by atoms with E-state index in [2.05, 4.69) is 0 Å². The molecular weight excluding hydrogens is 327 g/mol. The zero-order chi connectivity index (χ0) is 16.2. The SMILES string of the molecule is COc1ccc(CCS(=O)(=O)Cc2c(F)cccc2Cl)cc1. The van der Waals surface area contributed by atoms with Gasteiger partial charge in [0.2, 0.25) is 0 Å². The molecule has 0 aliphatic heterocycles. The summed E-state index contributed by atoms with van der Waals surface area (Å²) in [5.74, 6) is -0.344. The highest BCUT2D eigenvalue weighted by Crippen LogP contribution is 2.22. The Morgan fingerprint density at radius 1 is 1.14 bits per heavy atom. The topological polar surface area (TPSA) is 43.4 Å². The van der Waals surface area contributed by atoms with Gasteiger partial charge in [-0.3, -0.25) is 0 Å². The Morgan fingerprint density at radius 3 is 2.41 bits per heavy atom. The van der Waals surface area contributed by atoms with Crippen LogP contribution in [0.25, 0.3) is 0 Å². The highest BCUT2D eigenvalue weighted by atomic mass is 35.5. The van der Waals surface area contributed by atoms with Gasteiger partial charge in [0.1, 0.15) is 11.6 Å². The molecule has 2 rings (SSSR count). The van der Waals surface area contributed by atoms with Crippen LogP contribution in [0.3, 0.4) is 0 Å². The number of hydrogen-bond donors (Lipinski definition) is 0. The number of methoxy groups -OCH3 is 1. The zero-order valence-corrected chi connectivity index (χ0v) is 13.6. The van der Waals surface area contributed by atoms with E-state index < -0.39 is 21.4 Å². The Balaban J connectivity index is 2.04. The van der Waals surface area contributed by atoms with E-state index in [0.717, 1.165) is 5.56 Å². The van der Waals surface area contributed by atoms with Crippen molar-refractivity contribution in [2.45, 2.75) is 12.2 Å². The minimum atomic E-state index is -3.45. The minimum Gasteiger partial charge on any atom is -0.497 e. The summed E-state index contributed by atoms with van der Waals surface area (Å²) >= 11 is 5.87. The van der Waals surface area contributed by atoms with Crippen LogP contribution in [0.2, 0.25) is 5.02 Å². The van der Waals surface area contributed by atoms with Crippen LogP contribution in [-0.2, 0) is 22.0 Å². The molecule has 118 valence electrons. The molecule has 0 fully saturated rings. The summed E-state index contributed by atoms with van der Waals surface area (Å²) in [6, 6.07) is 11.3. The second kappa shape index (κ2) is 7.11. The Hall–Kier alpha value is -1.59. The van der Waals surface area contributed by atoms with Crippen molar-refractivity contribution >= 4 is 21.4 Å². The van der Waals surface area contributed by atoms with Gasteiger partial charge in [-0.1, -0.05) is 29.8 Å². The van der Waals surface area contributed by atoms with E-state index in [1.807, 2.05) is 12.1 Å². The number of ether oxygens (including phenoxy) is 1. The van der Waals surface area contributed by atoms with Crippen LogP contribution < -0.4 is 4.74 Å². The van der Waals surface area contributed by atoms with Crippen LogP contribution in [0.4, 0.5) is 4.39 Å². The molecule has 0 radical (unpaired) electrons. The fourth-order valence-corrected chi connectivity index (χ4v) is 3.76. The van der Waals surface area contributed by atoms with Crippen molar-refractivity contribution in [3.8, 4) is 5.75 Å². The van der Waals surface area contributed by atoms with E-state index in [4.69, 9.17) is 16.3 Å². The maximum atomic E-state index is 13.7. The Morgan fingerprint density at radius 2 is 1.82 bits per heavy atom. The quantitative estimate of drug-likeness (QED) is 0.805. The number of aryl methyl sites for hydroxylation is 1. The molecule has 2 aromatic carbocycles. The summed E-state index contributed by atoms with van der Waals surface area (Å²) in [6.07, 6.45) is 0.360. The molecule has 0 saturated carbocycles. The maximum absolute atomic E-state index is 13.7. The van der Waals surface area contributed by atoms with Crippen molar-refractivity contribution in [3.05, 3.63) is 64.4 Å². The number of sulfone groups is 1. The first kappa shape index (κ1) is 16.8. The molecule has 3 nitrogen and oxygen atoms in total. The molecule has 0 bridgehead atoms. The van der Waals surface area contributed by atoms with Crippen LogP contribution in [0.5, 0.6) is 5.75 Å². The first-order valence-corrected chi connectivity index (χ1v) is 8.87. The van der Waals surface area contributed by atoms with Crippen LogP contribution in [0, 0.1) is 5.82 Å². The number of hydrogen-bond acceptors (Lipinski definition) is 3. The average Bonchev–Trinajstić information content (AvgIpc) is 2.50. The lowest BCUT2D eigenvalue weighted by molar-refractivity contribution is 0.414. The Labute approximate surface area is 134 Å². The highest BCUT2D eigenvalue weighted by Gasteiger charge is 2.17. The van der Waals surface area contributed by atoms with Crippen molar-refractivity contribution in [2.75, 3.05) is 12.9 Å². The van der Waals surface area contributed by atoms with Crippen molar-refractivity contribution in [1.82, 2.24) is 0 Å². The number of benzene rings is 2. The Bertz CT molecular complexity index is 722. The first-order chi connectivity index (χ1) is 10.4. The average molecular weight is 343 g/mol. The monoisotopic (exact) mass is 342 g/mol. The summed E-state index contributed by atoms with van der Waals surface area (Å²) in [6.45, 7) is 0. The summed E-state index contributed by atoms with van der Waals surface area (Å²) in [5, 5.41) is 0.132. The molecular formula is C16H16ClFO3S. The van der Waals surface area contributed by atoms with Crippen molar-refractivity contribution in [1.29, 1.82) is 0 Å². The zero-order valence-electron chi connectivity index (χ0n) is 12.1. The number of halogens is 2. The van der Waals surface area contributed by atoms with Crippen LogP contribution in [0.15, 0.2) is 42.5 Å². The molecule has 0 N–H and O–H groups in total. The van der Waals surface area contributed by atoms with E-state index >= 15 is 0 Å². The Kier molecular flexibility index (Phi) is 5.42. The summed E-state index contributed by atoms with van der Waals surface area (Å²) < 4.78 is 43.0. The lowest BCUT2D eigenvalue weighted by Gasteiger charge is -2.08. The summed E-state index contributed by atoms with van der Waals surface area (Å²) in [5.41, 5.74) is 0.905. The van der Waals surface area contributed by atoms with Crippen LogP contribution in [-0.4, -0.2) is 21.3 Å². The van der Waals surface area contributed by atoms with E-state index in [9.17, 15) is 12.8 Å². The van der Waals surface area contributed by atoms with E-state index in [0.29, 0.717) is 12.2 Å². The lowest BCUT2D eigenvalue weighted by atomic mass is 10.2. The second-order valence-electron chi connectivity index (χ2n) is 4.89. The molecule has 2 aromatic rings. The molecule has 0 spiro atoms. The van der Waals surface area contributed by atoms with E-state index in [-0.39, 0.29) is 16.3 Å². The maximum Gasteiger partial charge on any atom is 0.154 e. The summed E-state index contributed by atoms with van der Waals surface area (Å²) in [7, 11) is -1.88. The highest BCUT2D eigenvalue weighted by molar-refractivity contribution is 7.90. The second-order valence-corrected chi connectivity index (χ2v) is 7.48. The van der Waals surface area contributed by atoms with E-state index in [1.165, 1.54) is 18.2 Å². The predicted octanol–water partition coefficient (Wildman–Crippen LogP) is 3.65. The standard InChI is InChI=1S/C16H16ClFO3S/c1-21-13-7-5-12(6-8-13)9-10-22(19,20)11-14-15(17)3-2-4-16(14)18/h2-8H,9-11H2,1H3. The van der Waals surface area contributed by atoms with Gasteiger partial charge < -0.3 is 4.74 Å². The molecule has 0 unspecified atom stereocenters. The first-order valence-electron chi connectivity index (χ1n) is 6.67. The van der Waals surface area contributed by atoms with Gasteiger partial charge in [0.15, 0.2) is 9.84 Å². The molecule has 0 atom stereocenters. The van der Waals surface area contributed by atoms with Crippen molar-refractivity contribution in [2.24, 2.45) is 0 Å². The van der Waals surface area contributed by atoms with Gasteiger partial charge in [-0.15, -0.1) is 0 Å². The largest absolute Gasteiger partial charge is 0.497 e. The third-order valence-corrected chi connectivity index (χ3v) is 5.20. The van der Waals surface area contributed by atoms with Gasteiger partial charge in [0.25, 0.3) is 0 Å².